The molecule has 6 nitrogen and oxygen atoms in total. The quantitative estimate of drug-likeness (QED) is 0.0264. The van der Waals surface area contributed by atoms with Crippen molar-refractivity contribution in [2.75, 3.05) is 13.2 Å². The Morgan fingerprint density at radius 1 is 0.362 bits per heavy atom. The number of carbonyl (C=O) groups excluding carboxylic acids is 3. The summed E-state index contributed by atoms with van der Waals surface area (Å²) in [7, 11) is 0. The van der Waals surface area contributed by atoms with Gasteiger partial charge in [-0.15, -0.1) is 0 Å². The molecule has 1 atom stereocenters. The third-order valence-corrected chi connectivity index (χ3v) is 10.2. The molecule has 0 saturated heterocycles. The van der Waals surface area contributed by atoms with Gasteiger partial charge in [-0.2, -0.15) is 0 Å². The molecule has 58 heavy (non-hydrogen) atoms. The fraction of sp³-hybridized carbons (Fsp3) is 0.750. The summed E-state index contributed by atoms with van der Waals surface area (Å²) in [5, 5.41) is 0. The van der Waals surface area contributed by atoms with Crippen molar-refractivity contribution in [3.8, 4) is 0 Å². The number of ether oxygens (including phenoxy) is 3. The molecule has 0 radical (unpaired) electrons. The van der Waals surface area contributed by atoms with Gasteiger partial charge in [-0.25, -0.2) is 0 Å². The number of carbonyl (C=O) groups is 3. The van der Waals surface area contributed by atoms with Crippen LogP contribution in [0.2, 0.25) is 0 Å². The van der Waals surface area contributed by atoms with E-state index in [1.54, 1.807) is 0 Å². The Morgan fingerprint density at radius 2 is 0.707 bits per heavy atom. The van der Waals surface area contributed by atoms with Crippen molar-refractivity contribution < 1.29 is 28.6 Å². The van der Waals surface area contributed by atoms with Crippen LogP contribution in [0.1, 0.15) is 233 Å². The molecule has 0 aliphatic carbocycles. The smallest absolute Gasteiger partial charge is 0.306 e. The van der Waals surface area contributed by atoms with Crippen LogP contribution >= 0.6 is 0 Å². The van der Waals surface area contributed by atoms with E-state index in [2.05, 4.69) is 81.5 Å². The van der Waals surface area contributed by atoms with Gasteiger partial charge in [0.25, 0.3) is 0 Å². The average molecular weight is 811 g/mol. The lowest BCUT2D eigenvalue weighted by Crippen LogP contribution is -2.30. The Bertz CT molecular complexity index is 1070. The summed E-state index contributed by atoms with van der Waals surface area (Å²) in [6.45, 7) is 6.41. The summed E-state index contributed by atoms with van der Waals surface area (Å²) in [6.07, 6.45) is 56.5. The number of allylic oxidation sites excluding steroid dienone is 10. The third-order valence-electron chi connectivity index (χ3n) is 10.2. The summed E-state index contributed by atoms with van der Waals surface area (Å²) < 4.78 is 16.6. The Labute approximate surface area is 358 Å². The number of esters is 3. The maximum Gasteiger partial charge on any atom is 0.306 e. The highest BCUT2D eigenvalue weighted by atomic mass is 16.6. The molecule has 0 rings (SSSR count). The first-order chi connectivity index (χ1) is 28.5. The molecule has 0 amide bonds. The van der Waals surface area contributed by atoms with E-state index >= 15 is 0 Å². The molecule has 334 valence electrons. The van der Waals surface area contributed by atoms with Gasteiger partial charge in [0.15, 0.2) is 6.10 Å². The molecule has 0 bridgehead atoms. The van der Waals surface area contributed by atoms with E-state index in [0.29, 0.717) is 19.3 Å². The van der Waals surface area contributed by atoms with Gasteiger partial charge in [-0.3, -0.25) is 14.4 Å². The Kier molecular flexibility index (Phi) is 44.5. The van der Waals surface area contributed by atoms with Crippen LogP contribution in [0, 0.1) is 0 Å². The van der Waals surface area contributed by atoms with Gasteiger partial charge in [0.2, 0.25) is 0 Å². The van der Waals surface area contributed by atoms with Crippen LogP contribution in [0.5, 0.6) is 0 Å². The average Bonchev–Trinajstić information content (AvgIpc) is 3.22. The van der Waals surface area contributed by atoms with Gasteiger partial charge in [0, 0.05) is 19.3 Å². The summed E-state index contributed by atoms with van der Waals surface area (Å²) in [6, 6.07) is 0. The molecule has 0 heterocycles. The van der Waals surface area contributed by atoms with Crippen LogP contribution in [0.3, 0.4) is 0 Å². The second-order valence-electron chi connectivity index (χ2n) is 16.0. The van der Waals surface area contributed by atoms with Gasteiger partial charge in [0.1, 0.15) is 13.2 Å². The first-order valence-corrected chi connectivity index (χ1v) is 24.3. The van der Waals surface area contributed by atoms with Crippen LogP contribution < -0.4 is 0 Å². The minimum atomic E-state index is -0.803. The van der Waals surface area contributed by atoms with Crippen LogP contribution in [-0.2, 0) is 28.6 Å². The second-order valence-corrected chi connectivity index (χ2v) is 16.0. The second kappa shape index (κ2) is 46.8. The van der Waals surface area contributed by atoms with E-state index < -0.39 is 6.10 Å². The molecule has 0 aliphatic heterocycles. The maximum absolute atomic E-state index is 12.7. The van der Waals surface area contributed by atoms with Crippen LogP contribution in [-0.4, -0.2) is 37.2 Å². The molecule has 0 aromatic heterocycles. The fourth-order valence-electron chi connectivity index (χ4n) is 6.56. The summed E-state index contributed by atoms with van der Waals surface area (Å²) in [5.74, 6) is -0.975. The molecular weight excluding hydrogens is 721 g/mol. The van der Waals surface area contributed by atoms with Gasteiger partial charge in [-0.05, 0) is 89.9 Å². The predicted octanol–water partition coefficient (Wildman–Crippen LogP) is 15.7. The molecule has 0 N–H and O–H groups in total. The molecule has 0 aliphatic rings. The topological polar surface area (TPSA) is 78.9 Å². The van der Waals surface area contributed by atoms with Crippen molar-refractivity contribution >= 4 is 17.9 Å². The zero-order chi connectivity index (χ0) is 42.3. The van der Waals surface area contributed by atoms with Crippen molar-refractivity contribution in [2.45, 2.75) is 239 Å². The number of hydrogen-bond donors (Lipinski definition) is 0. The van der Waals surface area contributed by atoms with E-state index in [0.717, 1.165) is 83.5 Å². The zero-order valence-corrected chi connectivity index (χ0v) is 38.0. The Morgan fingerprint density at radius 3 is 1.17 bits per heavy atom. The molecule has 1 unspecified atom stereocenters. The predicted molar refractivity (Wildman–Crippen MR) is 247 cm³/mol. The Balaban J connectivity index is 4.34. The number of hydrogen-bond acceptors (Lipinski definition) is 6. The molecular formula is C52H90O6. The molecule has 0 saturated carbocycles. The van der Waals surface area contributed by atoms with E-state index in [9.17, 15) is 14.4 Å². The standard InChI is InChI=1S/C52H90O6/c1-4-7-10-13-16-19-22-23-24-25-26-27-28-29-31-33-36-39-42-45-51(54)57-48-49(47-56-50(53)44-41-38-35-32-21-18-15-12-9-6-3)58-52(55)46-43-40-37-34-30-20-17-14-11-8-5-2/h8,11,15,17-18,20,25-26,34,37,49H,4-7,9-10,12-14,16,19,21-24,27-33,35-36,38-48H2,1-3H3/b11-8-,18-15-,20-17-,26-25-,37-34-. The fourth-order valence-corrected chi connectivity index (χ4v) is 6.56. The zero-order valence-electron chi connectivity index (χ0n) is 38.0. The van der Waals surface area contributed by atoms with Gasteiger partial charge < -0.3 is 14.2 Å². The molecule has 0 spiro atoms. The normalized spacial score (nSPS) is 12.5. The van der Waals surface area contributed by atoms with Crippen LogP contribution in [0.15, 0.2) is 60.8 Å². The highest BCUT2D eigenvalue weighted by molar-refractivity contribution is 5.71. The molecule has 0 fully saturated rings. The lowest BCUT2D eigenvalue weighted by molar-refractivity contribution is -0.167. The van der Waals surface area contributed by atoms with Crippen LogP contribution in [0.4, 0.5) is 0 Å². The first kappa shape index (κ1) is 55.1. The SMILES string of the molecule is CC/C=C\C/C=C\C/C=C\CCCC(=O)OC(COC(=O)CCCCCC/C=C\CCCC)COC(=O)CCCCCCCCC/C=C\CCCCCCCCCC. The minimum Gasteiger partial charge on any atom is -0.462 e. The first-order valence-electron chi connectivity index (χ1n) is 24.3. The lowest BCUT2D eigenvalue weighted by Gasteiger charge is -2.18. The lowest BCUT2D eigenvalue weighted by atomic mass is 10.1. The van der Waals surface area contributed by atoms with Crippen molar-refractivity contribution in [3.05, 3.63) is 60.8 Å². The third kappa shape index (κ3) is 44.2. The number of unbranched alkanes of at least 4 members (excludes halogenated alkanes) is 22. The monoisotopic (exact) mass is 811 g/mol. The van der Waals surface area contributed by atoms with E-state index in [4.69, 9.17) is 14.2 Å². The molecule has 0 aromatic rings. The van der Waals surface area contributed by atoms with Crippen molar-refractivity contribution in [2.24, 2.45) is 0 Å². The van der Waals surface area contributed by atoms with E-state index in [1.807, 2.05) is 0 Å². The molecule has 6 heteroatoms. The molecule has 0 aromatic carbocycles. The van der Waals surface area contributed by atoms with Crippen molar-refractivity contribution in [3.63, 3.8) is 0 Å². The largest absolute Gasteiger partial charge is 0.462 e. The van der Waals surface area contributed by atoms with Gasteiger partial charge >= 0.3 is 17.9 Å². The van der Waals surface area contributed by atoms with Crippen molar-refractivity contribution in [1.82, 2.24) is 0 Å². The summed E-state index contributed by atoms with van der Waals surface area (Å²) in [4.78, 5) is 37.7. The van der Waals surface area contributed by atoms with Crippen molar-refractivity contribution in [1.29, 1.82) is 0 Å². The maximum atomic E-state index is 12.7. The number of rotatable bonds is 43. The minimum absolute atomic E-state index is 0.100. The summed E-state index contributed by atoms with van der Waals surface area (Å²) in [5.41, 5.74) is 0. The van der Waals surface area contributed by atoms with Crippen LogP contribution in [0.25, 0.3) is 0 Å². The highest BCUT2D eigenvalue weighted by Gasteiger charge is 2.19. The van der Waals surface area contributed by atoms with E-state index in [1.165, 1.54) is 103 Å². The highest BCUT2D eigenvalue weighted by Crippen LogP contribution is 2.14. The van der Waals surface area contributed by atoms with Gasteiger partial charge in [-0.1, -0.05) is 184 Å². The van der Waals surface area contributed by atoms with E-state index in [-0.39, 0.29) is 37.5 Å². The Hall–Kier alpha value is -2.89. The van der Waals surface area contributed by atoms with Gasteiger partial charge in [0.05, 0.1) is 0 Å². The summed E-state index contributed by atoms with van der Waals surface area (Å²) >= 11 is 0.